The summed E-state index contributed by atoms with van der Waals surface area (Å²) in [5, 5.41) is 0. The van der Waals surface area contributed by atoms with E-state index in [1.165, 1.54) is 6.07 Å². The SMILES string of the molecule is COCCO[C@H]1C(=O)N(C2CCN(Cc3cccc(F)c3)CC2)[C@H]1c1ccncc1. The average Bonchev–Trinajstić information content (AvgIpc) is 2.76. The third-order valence-electron chi connectivity index (χ3n) is 5.96. The number of aromatic nitrogens is 1. The van der Waals surface area contributed by atoms with Gasteiger partial charge in [-0.25, -0.2) is 4.39 Å². The van der Waals surface area contributed by atoms with Crippen LogP contribution < -0.4 is 0 Å². The molecule has 30 heavy (non-hydrogen) atoms. The third kappa shape index (κ3) is 4.53. The van der Waals surface area contributed by atoms with Crippen molar-refractivity contribution in [3.05, 3.63) is 65.7 Å². The number of benzene rings is 1. The zero-order valence-corrected chi connectivity index (χ0v) is 17.2. The van der Waals surface area contributed by atoms with Crippen molar-refractivity contribution < 1.29 is 18.7 Å². The Morgan fingerprint density at radius 2 is 1.90 bits per heavy atom. The van der Waals surface area contributed by atoms with Crippen molar-refractivity contribution in [1.29, 1.82) is 0 Å². The molecule has 0 unspecified atom stereocenters. The highest BCUT2D eigenvalue weighted by Gasteiger charge is 2.52. The fourth-order valence-corrected chi connectivity index (χ4v) is 4.46. The standard InChI is InChI=1S/C23H28FN3O3/c1-29-13-14-30-22-21(18-5-9-25-10-6-18)27(23(22)28)20-7-11-26(12-8-20)16-17-3-2-4-19(24)15-17/h2-6,9-10,15,20-22H,7-8,11-14,16H2,1H3/t21-,22+/m0/s1. The number of piperidine rings is 1. The molecule has 2 saturated heterocycles. The van der Waals surface area contributed by atoms with E-state index in [0.29, 0.717) is 13.2 Å². The lowest BCUT2D eigenvalue weighted by Crippen LogP contribution is -2.64. The van der Waals surface area contributed by atoms with Gasteiger partial charge in [0.05, 0.1) is 19.3 Å². The van der Waals surface area contributed by atoms with E-state index < -0.39 is 6.10 Å². The number of amides is 1. The number of halogens is 1. The molecule has 1 aromatic carbocycles. The van der Waals surface area contributed by atoms with Gasteiger partial charge < -0.3 is 14.4 Å². The summed E-state index contributed by atoms with van der Waals surface area (Å²) < 4.78 is 24.4. The van der Waals surface area contributed by atoms with Gasteiger partial charge in [0, 0.05) is 45.2 Å². The highest BCUT2D eigenvalue weighted by molar-refractivity contribution is 5.89. The van der Waals surface area contributed by atoms with Crippen LogP contribution in [0.25, 0.3) is 0 Å². The molecule has 160 valence electrons. The van der Waals surface area contributed by atoms with Crippen LogP contribution in [0.1, 0.15) is 30.0 Å². The van der Waals surface area contributed by atoms with Crippen LogP contribution >= 0.6 is 0 Å². The highest BCUT2D eigenvalue weighted by atomic mass is 19.1. The van der Waals surface area contributed by atoms with Gasteiger partial charge in [-0.3, -0.25) is 14.7 Å². The highest BCUT2D eigenvalue weighted by Crippen LogP contribution is 2.40. The molecule has 0 radical (unpaired) electrons. The maximum Gasteiger partial charge on any atom is 0.255 e. The van der Waals surface area contributed by atoms with Gasteiger partial charge in [0.1, 0.15) is 5.82 Å². The van der Waals surface area contributed by atoms with Gasteiger partial charge in [0.2, 0.25) is 0 Å². The van der Waals surface area contributed by atoms with E-state index in [1.807, 2.05) is 23.1 Å². The van der Waals surface area contributed by atoms with Crippen LogP contribution in [0.15, 0.2) is 48.8 Å². The zero-order valence-electron chi connectivity index (χ0n) is 17.2. The van der Waals surface area contributed by atoms with Gasteiger partial charge in [0.25, 0.3) is 5.91 Å². The number of methoxy groups -OCH3 is 1. The third-order valence-corrected chi connectivity index (χ3v) is 5.96. The second kappa shape index (κ2) is 9.64. The molecular weight excluding hydrogens is 385 g/mol. The summed E-state index contributed by atoms with van der Waals surface area (Å²) in [6.45, 7) is 3.35. The number of likely N-dealkylation sites (tertiary alicyclic amines) is 2. The summed E-state index contributed by atoms with van der Waals surface area (Å²) in [6, 6.07) is 10.8. The van der Waals surface area contributed by atoms with Crippen molar-refractivity contribution in [2.45, 2.75) is 37.6 Å². The quantitative estimate of drug-likeness (QED) is 0.492. The molecule has 2 aliphatic heterocycles. The van der Waals surface area contributed by atoms with Crippen LogP contribution in [-0.4, -0.2) is 66.2 Å². The van der Waals surface area contributed by atoms with Crippen LogP contribution in [0.3, 0.4) is 0 Å². The van der Waals surface area contributed by atoms with E-state index in [1.54, 1.807) is 31.6 Å². The summed E-state index contributed by atoms with van der Waals surface area (Å²) in [5.41, 5.74) is 2.03. The number of carbonyl (C=O) groups excluding carboxylic acids is 1. The molecule has 2 atom stereocenters. The molecule has 7 heteroatoms. The maximum absolute atomic E-state index is 13.5. The number of hydrogen-bond acceptors (Lipinski definition) is 5. The molecule has 6 nitrogen and oxygen atoms in total. The Morgan fingerprint density at radius 3 is 2.60 bits per heavy atom. The fourth-order valence-electron chi connectivity index (χ4n) is 4.46. The lowest BCUT2D eigenvalue weighted by Gasteiger charge is -2.52. The number of hydrogen-bond donors (Lipinski definition) is 0. The number of rotatable bonds is 8. The molecular formula is C23H28FN3O3. The van der Waals surface area contributed by atoms with Crippen LogP contribution in [0.4, 0.5) is 4.39 Å². The van der Waals surface area contributed by atoms with Gasteiger partial charge in [-0.15, -0.1) is 0 Å². The maximum atomic E-state index is 13.5. The molecule has 0 aliphatic carbocycles. The number of β-lactam (4-membered cyclic amide) rings is 1. The average molecular weight is 413 g/mol. The van der Waals surface area contributed by atoms with Crippen molar-refractivity contribution in [2.75, 3.05) is 33.4 Å². The smallest absolute Gasteiger partial charge is 0.255 e. The lowest BCUT2D eigenvalue weighted by atomic mass is 9.86. The largest absolute Gasteiger partial charge is 0.382 e. The molecule has 2 aromatic rings. The minimum atomic E-state index is -0.465. The number of nitrogens with zero attached hydrogens (tertiary/aromatic N) is 3. The topological polar surface area (TPSA) is 54.9 Å². The predicted octanol–water partition coefficient (Wildman–Crippen LogP) is 2.80. The Balaban J connectivity index is 1.39. The summed E-state index contributed by atoms with van der Waals surface area (Å²) in [6.07, 6.45) is 4.84. The molecule has 4 rings (SSSR count). The van der Waals surface area contributed by atoms with Gasteiger partial charge in [0.15, 0.2) is 6.10 Å². The Labute approximate surface area is 176 Å². The van der Waals surface area contributed by atoms with E-state index in [-0.39, 0.29) is 23.8 Å². The number of ether oxygens (including phenoxy) is 2. The first-order valence-electron chi connectivity index (χ1n) is 10.5. The minimum absolute atomic E-state index is 0.0523. The first-order chi connectivity index (χ1) is 14.7. The van der Waals surface area contributed by atoms with E-state index in [9.17, 15) is 9.18 Å². The summed E-state index contributed by atoms with van der Waals surface area (Å²) in [5.74, 6) is -0.148. The van der Waals surface area contributed by atoms with Crippen molar-refractivity contribution >= 4 is 5.91 Å². The molecule has 3 heterocycles. The van der Waals surface area contributed by atoms with Gasteiger partial charge in [-0.2, -0.15) is 0 Å². The predicted molar refractivity (Wildman–Crippen MR) is 110 cm³/mol. The zero-order chi connectivity index (χ0) is 20.9. The second-order valence-corrected chi connectivity index (χ2v) is 7.89. The first-order valence-corrected chi connectivity index (χ1v) is 10.5. The van der Waals surface area contributed by atoms with Crippen LogP contribution in [0.2, 0.25) is 0 Å². The van der Waals surface area contributed by atoms with Crippen LogP contribution in [0, 0.1) is 5.82 Å². The number of pyridine rings is 1. The lowest BCUT2D eigenvalue weighted by molar-refractivity contribution is -0.184. The van der Waals surface area contributed by atoms with E-state index in [0.717, 1.165) is 43.6 Å². The molecule has 0 spiro atoms. The molecule has 2 aliphatic rings. The summed E-state index contributed by atoms with van der Waals surface area (Å²) in [7, 11) is 1.62. The van der Waals surface area contributed by atoms with Crippen molar-refractivity contribution in [3.8, 4) is 0 Å². The Morgan fingerprint density at radius 1 is 1.13 bits per heavy atom. The molecule has 0 saturated carbocycles. The second-order valence-electron chi connectivity index (χ2n) is 7.89. The van der Waals surface area contributed by atoms with Gasteiger partial charge >= 0.3 is 0 Å². The van der Waals surface area contributed by atoms with Crippen LogP contribution in [-0.2, 0) is 20.8 Å². The van der Waals surface area contributed by atoms with Gasteiger partial charge in [-0.1, -0.05) is 12.1 Å². The fraction of sp³-hybridized carbons (Fsp3) is 0.478. The van der Waals surface area contributed by atoms with Gasteiger partial charge in [-0.05, 0) is 48.2 Å². The van der Waals surface area contributed by atoms with E-state index in [4.69, 9.17) is 9.47 Å². The van der Waals surface area contributed by atoms with Crippen molar-refractivity contribution in [1.82, 2.24) is 14.8 Å². The molecule has 0 bridgehead atoms. The number of carbonyl (C=O) groups is 1. The summed E-state index contributed by atoms with van der Waals surface area (Å²) in [4.78, 5) is 21.4. The monoisotopic (exact) mass is 413 g/mol. The van der Waals surface area contributed by atoms with Crippen molar-refractivity contribution in [2.24, 2.45) is 0 Å². The van der Waals surface area contributed by atoms with Crippen molar-refractivity contribution in [3.63, 3.8) is 0 Å². The minimum Gasteiger partial charge on any atom is -0.382 e. The normalized spacial score (nSPS) is 22.9. The molecule has 1 amide bonds. The molecule has 1 aromatic heterocycles. The Kier molecular flexibility index (Phi) is 6.72. The molecule has 0 N–H and O–H groups in total. The van der Waals surface area contributed by atoms with E-state index in [2.05, 4.69) is 9.88 Å². The Hall–Kier alpha value is -2.35. The van der Waals surface area contributed by atoms with Crippen LogP contribution in [0.5, 0.6) is 0 Å². The summed E-state index contributed by atoms with van der Waals surface area (Å²) >= 11 is 0. The Bertz CT molecular complexity index is 843. The van der Waals surface area contributed by atoms with E-state index >= 15 is 0 Å². The first kappa shape index (κ1) is 20.9. The molecule has 2 fully saturated rings.